The van der Waals surface area contributed by atoms with Gasteiger partial charge in [-0.3, -0.25) is 5.32 Å². The molecule has 0 bridgehead atoms. The standard InChI is InChI=1S/C27H35NO4/c1-6-7-8-11-18-16-19(17-21-23(18)27(4,5)15-14-26(21,2)3)28-25(31)32-22-13-10-9-12-20(22)24(29)30/h9-10,12-13,16-17H,6-8,11,14-15H2,1-5H3,(H,28,31)(H,29,30). The smallest absolute Gasteiger partial charge is 0.417 e. The highest BCUT2D eigenvalue weighted by Gasteiger charge is 2.38. The average Bonchev–Trinajstić information content (AvgIpc) is 2.71. The summed E-state index contributed by atoms with van der Waals surface area (Å²) >= 11 is 0. The molecule has 2 aromatic carbocycles. The highest BCUT2D eigenvalue weighted by atomic mass is 16.6. The Labute approximate surface area is 191 Å². The quantitative estimate of drug-likeness (QED) is 0.454. The van der Waals surface area contributed by atoms with Crippen LogP contribution in [-0.2, 0) is 17.3 Å². The average molecular weight is 438 g/mol. The van der Waals surface area contributed by atoms with Gasteiger partial charge in [0.2, 0.25) is 0 Å². The summed E-state index contributed by atoms with van der Waals surface area (Å²) in [5, 5.41) is 12.2. The van der Waals surface area contributed by atoms with E-state index in [0.29, 0.717) is 5.69 Å². The Hall–Kier alpha value is -2.82. The number of ether oxygens (including phenoxy) is 1. The van der Waals surface area contributed by atoms with Crippen molar-refractivity contribution in [2.75, 3.05) is 5.32 Å². The van der Waals surface area contributed by atoms with Gasteiger partial charge in [0.05, 0.1) is 0 Å². The molecule has 0 saturated heterocycles. The summed E-state index contributed by atoms with van der Waals surface area (Å²) in [6, 6.07) is 10.3. The zero-order valence-corrected chi connectivity index (χ0v) is 19.9. The largest absolute Gasteiger partial charge is 0.478 e. The maximum Gasteiger partial charge on any atom is 0.417 e. The van der Waals surface area contributed by atoms with Gasteiger partial charge in [-0.1, -0.05) is 59.6 Å². The lowest BCUT2D eigenvalue weighted by atomic mass is 9.61. The van der Waals surface area contributed by atoms with Crippen LogP contribution in [0.3, 0.4) is 0 Å². The first-order valence-corrected chi connectivity index (χ1v) is 11.5. The van der Waals surface area contributed by atoms with Gasteiger partial charge < -0.3 is 9.84 Å². The number of aromatic carboxylic acids is 1. The molecule has 0 aliphatic heterocycles. The third-order valence-corrected chi connectivity index (χ3v) is 6.62. The van der Waals surface area contributed by atoms with E-state index < -0.39 is 12.1 Å². The fraction of sp³-hybridized carbons (Fsp3) is 0.481. The van der Waals surface area contributed by atoms with Gasteiger partial charge in [0.1, 0.15) is 11.3 Å². The summed E-state index contributed by atoms with van der Waals surface area (Å²) in [6.45, 7) is 11.4. The molecule has 0 atom stereocenters. The van der Waals surface area contributed by atoms with Crippen molar-refractivity contribution in [1.82, 2.24) is 0 Å². The number of nitrogens with one attached hydrogen (secondary N) is 1. The van der Waals surface area contributed by atoms with Crippen LogP contribution in [-0.4, -0.2) is 17.2 Å². The zero-order valence-electron chi connectivity index (χ0n) is 19.9. The van der Waals surface area contributed by atoms with Crippen molar-refractivity contribution < 1.29 is 19.4 Å². The monoisotopic (exact) mass is 437 g/mol. The normalized spacial score (nSPS) is 16.2. The van der Waals surface area contributed by atoms with Crippen molar-refractivity contribution >= 4 is 17.7 Å². The van der Waals surface area contributed by atoms with Crippen LogP contribution in [0.1, 0.15) is 93.8 Å². The molecule has 3 rings (SSSR count). The van der Waals surface area contributed by atoms with E-state index in [1.165, 1.54) is 35.2 Å². The summed E-state index contributed by atoms with van der Waals surface area (Å²) in [7, 11) is 0. The van der Waals surface area contributed by atoms with Gasteiger partial charge in [-0.15, -0.1) is 0 Å². The molecule has 0 fully saturated rings. The summed E-state index contributed by atoms with van der Waals surface area (Å²) in [6.07, 6.45) is 5.94. The highest BCUT2D eigenvalue weighted by molar-refractivity contribution is 5.93. The Kier molecular flexibility index (Phi) is 6.97. The second-order valence-corrected chi connectivity index (χ2v) is 10.1. The first kappa shape index (κ1) is 23.8. The molecule has 1 aliphatic carbocycles. The Bertz CT molecular complexity index is 1010. The van der Waals surface area contributed by atoms with Crippen LogP contribution in [0.15, 0.2) is 36.4 Å². The Morgan fingerprint density at radius 3 is 2.41 bits per heavy atom. The fourth-order valence-electron chi connectivity index (χ4n) is 4.73. The molecule has 2 N–H and O–H groups in total. The van der Waals surface area contributed by atoms with E-state index in [2.05, 4.69) is 52.1 Å². The SMILES string of the molecule is CCCCCc1cc(NC(=O)Oc2ccccc2C(=O)O)cc2c1C(C)(C)CCC2(C)C. The van der Waals surface area contributed by atoms with Crippen molar-refractivity contribution in [3.05, 3.63) is 58.7 Å². The first-order chi connectivity index (χ1) is 15.0. The van der Waals surface area contributed by atoms with E-state index in [9.17, 15) is 14.7 Å². The van der Waals surface area contributed by atoms with Gasteiger partial charge in [0.25, 0.3) is 0 Å². The second kappa shape index (κ2) is 9.35. The number of hydrogen-bond donors (Lipinski definition) is 2. The van der Waals surface area contributed by atoms with Gasteiger partial charge in [0, 0.05) is 5.69 Å². The maximum absolute atomic E-state index is 12.7. The lowest BCUT2D eigenvalue weighted by Crippen LogP contribution is -2.35. The summed E-state index contributed by atoms with van der Waals surface area (Å²) in [5.41, 5.74) is 4.74. The summed E-state index contributed by atoms with van der Waals surface area (Å²) < 4.78 is 5.36. The Morgan fingerprint density at radius 1 is 1.03 bits per heavy atom. The molecule has 0 saturated carbocycles. The third-order valence-electron chi connectivity index (χ3n) is 6.62. The van der Waals surface area contributed by atoms with Crippen LogP contribution < -0.4 is 10.1 Å². The molecule has 1 amide bonds. The highest BCUT2D eigenvalue weighted by Crippen LogP contribution is 2.48. The number of amides is 1. The molecule has 0 heterocycles. The number of hydrogen-bond acceptors (Lipinski definition) is 3. The molecule has 0 aromatic heterocycles. The predicted octanol–water partition coefficient (Wildman–Crippen LogP) is 7.08. The van der Waals surface area contributed by atoms with E-state index >= 15 is 0 Å². The number of carboxylic acids is 1. The topological polar surface area (TPSA) is 75.6 Å². The van der Waals surface area contributed by atoms with Crippen molar-refractivity contribution in [2.45, 2.75) is 84.0 Å². The number of unbranched alkanes of at least 4 members (excludes halogenated alkanes) is 2. The van der Waals surface area contributed by atoms with E-state index in [-0.39, 0.29) is 22.1 Å². The number of benzene rings is 2. The van der Waals surface area contributed by atoms with Gasteiger partial charge in [-0.25, -0.2) is 9.59 Å². The van der Waals surface area contributed by atoms with E-state index in [1.54, 1.807) is 12.1 Å². The minimum absolute atomic E-state index is 0.0157. The summed E-state index contributed by atoms with van der Waals surface area (Å²) in [5.74, 6) is -1.11. The van der Waals surface area contributed by atoms with Crippen LogP contribution >= 0.6 is 0 Å². The Balaban J connectivity index is 1.94. The molecule has 5 nitrogen and oxygen atoms in total. The zero-order chi connectivity index (χ0) is 23.5. The van der Waals surface area contributed by atoms with Crippen LogP contribution in [0.2, 0.25) is 0 Å². The van der Waals surface area contributed by atoms with Crippen molar-refractivity contribution in [1.29, 1.82) is 0 Å². The predicted molar refractivity (Wildman–Crippen MR) is 128 cm³/mol. The number of para-hydroxylation sites is 1. The van der Waals surface area contributed by atoms with Crippen LogP contribution in [0.4, 0.5) is 10.5 Å². The molecule has 172 valence electrons. The second-order valence-electron chi connectivity index (χ2n) is 10.1. The van der Waals surface area contributed by atoms with Crippen molar-refractivity contribution in [3.8, 4) is 5.75 Å². The molecule has 32 heavy (non-hydrogen) atoms. The molecule has 0 spiro atoms. The number of rotatable bonds is 7. The first-order valence-electron chi connectivity index (χ1n) is 11.5. The lowest BCUT2D eigenvalue weighted by Gasteiger charge is -2.43. The molecule has 0 unspecified atom stereocenters. The number of fused-ring (bicyclic) bond motifs is 1. The van der Waals surface area contributed by atoms with Crippen LogP contribution in [0, 0.1) is 0 Å². The third kappa shape index (κ3) is 5.14. The lowest BCUT2D eigenvalue weighted by molar-refractivity contribution is 0.0694. The number of carboxylic acid groups (broad SMARTS) is 1. The molecule has 2 aromatic rings. The van der Waals surface area contributed by atoms with Gasteiger partial charge in [-0.05, 0) is 77.5 Å². The van der Waals surface area contributed by atoms with E-state index in [1.807, 2.05) is 0 Å². The Morgan fingerprint density at radius 2 is 1.72 bits per heavy atom. The number of carbonyl (C=O) groups excluding carboxylic acids is 1. The van der Waals surface area contributed by atoms with Crippen LogP contribution in [0.25, 0.3) is 0 Å². The van der Waals surface area contributed by atoms with Gasteiger partial charge in [-0.2, -0.15) is 0 Å². The molecular formula is C27H35NO4. The van der Waals surface area contributed by atoms with Gasteiger partial charge >= 0.3 is 12.1 Å². The molecule has 5 heteroatoms. The summed E-state index contributed by atoms with van der Waals surface area (Å²) in [4.78, 5) is 24.1. The fourth-order valence-corrected chi connectivity index (χ4v) is 4.73. The molecular weight excluding hydrogens is 402 g/mol. The number of aryl methyl sites for hydroxylation is 1. The van der Waals surface area contributed by atoms with Crippen molar-refractivity contribution in [2.24, 2.45) is 0 Å². The number of carbonyl (C=O) groups is 2. The maximum atomic E-state index is 12.7. The minimum atomic E-state index is -1.13. The van der Waals surface area contributed by atoms with Crippen molar-refractivity contribution in [3.63, 3.8) is 0 Å². The minimum Gasteiger partial charge on any atom is -0.478 e. The van der Waals surface area contributed by atoms with Gasteiger partial charge in [0.15, 0.2) is 0 Å². The number of anilines is 1. The molecule has 1 aliphatic rings. The van der Waals surface area contributed by atoms with E-state index in [4.69, 9.17) is 4.74 Å². The van der Waals surface area contributed by atoms with Crippen LogP contribution in [0.5, 0.6) is 5.75 Å². The molecule has 0 radical (unpaired) electrons. The van der Waals surface area contributed by atoms with E-state index in [0.717, 1.165) is 32.1 Å².